The summed E-state index contributed by atoms with van der Waals surface area (Å²) in [6.45, 7) is 3.64. The van der Waals surface area contributed by atoms with Crippen LogP contribution in [-0.4, -0.2) is 25.7 Å². The number of carbonyl (C=O) groups excluding carboxylic acids is 1. The molecule has 0 bridgehead atoms. The van der Waals surface area contributed by atoms with Crippen molar-refractivity contribution in [3.63, 3.8) is 0 Å². The second kappa shape index (κ2) is 8.41. The Labute approximate surface area is 135 Å². The van der Waals surface area contributed by atoms with Crippen LogP contribution < -0.4 is 10.1 Å². The van der Waals surface area contributed by atoms with Gasteiger partial charge in [0.25, 0.3) is 5.91 Å². The zero-order valence-corrected chi connectivity index (χ0v) is 13.1. The number of amides is 1. The molecule has 0 saturated heterocycles. The zero-order valence-electron chi connectivity index (χ0n) is 12.3. The summed E-state index contributed by atoms with van der Waals surface area (Å²) < 4.78 is 10.7. The summed E-state index contributed by atoms with van der Waals surface area (Å²) in [5, 5.41) is 3.28. The van der Waals surface area contributed by atoms with Crippen LogP contribution in [0.3, 0.4) is 0 Å². The van der Waals surface area contributed by atoms with Crippen molar-refractivity contribution in [2.75, 3.05) is 25.1 Å². The highest BCUT2D eigenvalue weighted by Gasteiger charge is 2.08. The average Bonchev–Trinajstić information content (AvgIpc) is 2.54. The molecule has 0 spiro atoms. The van der Waals surface area contributed by atoms with Crippen molar-refractivity contribution in [1.29, 1.82) is 0 Å². The Morgan fingerprint density at radius 1 is 1.09 bits per heavy atom. The first-order valence-corrected chi connectivity index (χ1v) is 7.45. The Morgan fingerprint density at radius 2 is 1.82 bits per heavy atom. The molecule has 0 aliphatic rings. The number of halogens is 1. The first-order valence-electron chi connectivity index (χ1n) is 7.07. The fourth-order valence-corrected chi connectivity index (χ4v) is 2.01. The number of benzene rings is 2. The quantitative estimate of drug-likeness (QED) is 0.784. The van der Waals surface area contributed by atoms with Gasteiger partial charge in [0.15, 0.2) is 0 Å². The van der Waals surface area contributed by atoms with Crippen LogP contribution >= 0.6 is 11.6 Å². The average molecular weight is 320 g/mol. The summed E-state index contributed by atoms with van der Waals surface area (Å²) in [6, 6.07) is 14.0. The highest BCUT2D eigenvalue weighted by Crippen LogP contribution is 2.21. The Morgan fingerprint density at radius 3 is 2.50 bits per heavy atom. The van der Waals surface area contributed by atoms with E-state index in [2.05, 4.69) is 5.32 Å². The van der Waals surface area contributed by atoms with Crippen LogP contribution in [0.25, 0.3) is 0 Å². The minimum atomic E-state index is -0.214. The Bertz CT molecular complexity index is 614. The van der Waals surface area contributed by atoms with Crippen molar-refractivity contribution < 1.29 is 14.3 Å². The molecule has 0 aliphatic carbocycles. The highest BCUT2D eigenvalue weighted by molar-refractivity contribution is 6.33. The lowest BCUT2D eigenvalue weighted by molar-refractivity contribution is 0.102. The standard InChI is InChI=1S/C17H18ClNO3/c1-2-21-11-12-22-14-9-7-13(8-10-14)17(20)19-16-6-4-3-5-15(16)18/h3-10H,2,11-12H2,1H3,(H,19,20). The van der Waals surface area contributed by atoms with Gasteiger partial charge in [-0.1, -0.05) is 23.7 Å². The monoisotopic (exact) mass is 319 g/mol. The van der Waals surface area contributed by atoms with Crippen LogP contribution in [0.1, 0.15) is 17.3 Å². The summed E-state index contributed by atoms with van der Waals surface area (Å²) in [5.41, 5.74) is 1.13. The Balaban J connectivity index is 1.92. The molecule has 2 aromatic rings. The molecule has 4 nitrogen and oxygen atoms in total. The number of rotatable bonds is 7. The molecule has 0 heterocycles. The molecule has 0 radical (unpaired) electrons. The number of carbonyl (C=O) groups is 1. The van der Waals surface area contributed by atoms with Crippen molar-refractivity contribution in [3.05, 3.63) is 59.1 Å². The van der Waals surface area contributed by atoms with E-state index in [0.29, 0.717) is 41.8 Å². The summed E-state index contributed by atoms with van der Waals surface area (Å²) in [5.74, 6) is 0.489. The lowest BCUT2D eigenvalue weighted by Gasteiger charge is -2.09. The third-order valence-corrected chi connectivity index (χ3v) is 3.27. The van der Waals surface area contributed by atoms with E-state index >= 15 is 0 Å². The molecule has 0 fully saturated rings. The van der Waals surface area contributed by atoms with E-state index < -0.39 is 0 Å². The van der Waals surface area contributed by atoms with Gasteiger partial charge in [-0.05, 0) is 43.3 Å². The van der Waals surface area contributed by atoms with Crippen LogP contribution in [0.4, 0.5) is 5.69 Å². The van der Waals surface area contributed by atoms with E-state index in [4.69, 9.17) is 21.1 Å². The molecule has 22 heavy (non-hydrogen) atoms. The number of para-hydroxylation sites is 1. The molecule has 2 aromatic carbocycles. The molecule has 0 aliphatic heterocycles. The Hall–Kier alpha value is -2.04. The predicted molar refractivity (Wildman–Crippen MR) is 87.8 cm³/mol. The van der Waals surface area contributed by atoms with E-state index in [1.165, 1.54) is 0 Å². The predicted octanol–water partition coefficient (Wildman–Crippen LogP) is 4.01. The molecule has 5 heteroatoms. The number of hydrogen-bond donors (Lipinski definition) is 1. The van der Waals surface area contributed by atoms with Gasteiger partial charge in [-0.15, -0.1) is 0 Å². The fourth-order valence-electron chi connectivity index (χ4n) is 1.82. The fraction of sp³-hybridized carbons (Fsp3) is 0.235. The molecule has 0 unspecified atom stereocenters. The van der Waals surface area contributed by atoms with Crippen molar-refractivity contribution >= 4 is 23.2 Å². The van der Waals surface area contributed by atoms with Gasteiger partial charge in [0.05, 0.1) is 17.3 Å². The maximum absolute atomic E-state index is 12.1. The maximum Gasteiger partial charge on any atom is 0.255 e. The van der Waals surface area contributed by atoms with Crippen LogP contribution in [-0.2, 0) is 4.74 Å². The molecule has 0 aromatic heterocycles. The molecular formula is C17H18ClNO3. The second-order valence-electron chi connectivity index (χ2n) is 4.50. The van der Waals surface area contributed by atoms with Crippen LogP contribution in [0.5, 0.6) is 5.75 Å². The molecule has 1 N–H and O–H groups in total. The molecule has 0 saturated carbocycles. The lowest BCUT2D eigenvalue weighted by atomic mass is 10.2. The van der Waals surface area contributed by atoms with Crippen molar-refractivity contribution in [2.45, 2.75) is 6.92 Å². The topological polar surface area (TPSA) is 47.6 Å². The normalized spacial score (nSPS) is 10.3. The van der Waals surface area contributed by atoms with Crippen LogP contribution in [0.2, 0.25) is 5.02 Å². The first-order chi connectivity index (χ1) is 10.7. The maximum atomic E-state index is 12.1. The van der Waals surface area contributed by atoms with Crippen molar-refractivity contribution in [3.8, 4) is 5.75 Å². The third kappa shape index (κ3) is 4.76. The van der Waals surface area contributed by atoms with E-state index in [1.807, 2.05) is 19.1 Å². The van der Waals surface area contributed by atoms with Crippen molar-refractivity contribution in [1.82, 2.24) is 0 Å². The van der Waals surface area contributed by atoms with Gasteiger partial charge in [-0.25, -0.2) is 0 Å². The smallest absolute Gasteiger partial charge is 0.255 e. The van der Waals surface area contributed by atoms with E-state index in [9.17, 15) is 4.79 Å². The minimum Gasteiger partial charge on any atom is -0.491 e. The molecular weight excluding hydrogens is 302 g/mol. The summed E-state index contributed by atoms with van der Waals surface area (Å²) in [6.07, 6.45) is 0. The van der Waals surface area contributed by atoms with Gasteiger partial charge in [-0.2, -0.15) is 0 Å². The lowest BCUT2D eigenvalue weighted by Crippen LogP contribution is -2.12. The highest BCUT2D eigenvalue weighted by atomic mass is 35.5. The van der Waals surface area contributed by atoms with Gasteiger partial charge < -0.3 is 14.8 Å². The third-order valence-electron chi connectivity index (χ3n) is 2.94. The van der Waals surface area contributed by atoms with Crippen LogP contribution in [0.15, 0.2) is 48.5 Å². The number of anilines is 1. The summed E-state index contributed by atoms with van der Waals surface area (Å²) in [7, 11) is 0. The van der Waals surface area contributed by atoms with Gasteiger partial charge in [0.1, 0.15) is 12.4 Å². The number of ether oxygens (including phenoxy) is 2. The summed E-state index contributed by atoms with van der Waals surface area (Å²) >= 11 is 6.02. The van der Waals surface area contributed by atoms with E-state index in [0.717, 1.165) is 0 Å². The SMILES string of the molecule is CCOCCOc1ccc(C(=O)Nc2ccccc2Cl)cc1. The van der Waals surface area contributed by atoms with Crippen LogP contribution in [0, 0.1) is 0 Å². The van der Waals surface area contributed by atoms with E-state index in [-0.39, 0.29) is 5.91 Å². The largest absolute Gasteiger partial charge is 0.491 e. The first kappa shape index (κ1) is 16.3. The zero-order chi connectivity index (χ0) is 15.8. The molecule has 2 rings (SSSR count). The van der Waals surface area contributed by atoms with Gasteiger partial charge in [0, 0.05) is 12.2 Å². The van der Waals surface area contributed by atoms with E-state index in [1.54, 1.807) is 36.4 Å². The van der Waals surface area contributed by atoms with Crippen molar-refractivity contribution in [2.24, 2.45) is 0 Å². The molecule has 1 amide bonds. The van der Waals surface area contributed by atoms with Gasteiger partial charge in [-0.3, -0.25) is 4.79 Å². The van der Waals surface area contributed by atoms with Gasteiger partial charge in [0.2, 0.25) is 0 Å². The molecule has 116 valence electrons. The Kier molecular flexibility index (Phi) is 6.25. The second-order valence-corrected chi connectivity index (χ2v) is 4.91. The summed E-state index contributed by atoms with van der Waals surface area (Å²) in [4.78, 5) is 12.1. The van der Waals surface area contributed by atoms with Gasteiger partial charge >= 0.3 is 0 Å². The number of nitrogens with one attached hydrogen (secondary N) is 1. The number of hydrogen-bond acceptors (Lipinski definition) is 3. The molecule has 0 atom stereocenters. The minimum absolute atomic E-state index is 0.214.